The second-order valence-electron chi connectivity index (χ2n) is 5.42. The minimum Gasteiger partial charge on any atom is -0.300 e. The molecule has 1 aliphatic rings. The van der Waals surface area contributed by atoms with Gasteiger partial charge in [0.15, 0.2) is 0 Å². The van der Waals surface area contributed by atoms with Crippen LogP contribution in [0.1, 0.15) is 27.7 Å². The van der Waals surface area contributed by atoms with Crippen LogP contribution in [0, 0.1) is 11.8 Å². The van der Waals surface area contributed by atoms with Gasteiger partial charge in [-0.25, -0.2) is 0 Å². The summed E-state index contributed by atoms with van der Waals surface area (Å²) in [6.07, 6.45) is 0. The fraction of sp³-hybridized carbons (Fsp3) is 1.00. The third kappa shape index (κ3) is 3.94. The number of hydrogen-bond donors (Lipinski definition) is 1. The summed E-state index contributed by atoms with van der Waals surface area (Å²) in [4.78, 5) is 5.19. The summed E-state index contributed by atoms with van der Waals surface area (Å²) < 4.78 is 0. The minimum atomic E-state index is 0.714. The van der Waals surface area contributed by atoms with Crippen LogP contribution in [0.5, 0.6) is 0 Å². The fourth-order valence-electron chi connectivity index (χ4n) is 2.52. The molecule has 2 nitrogen and oxygen atoms in total. The molecule has 3 heteroatoms. The van der Waals surface area contributed by atoms with Gasteiger partial charge in [0, 0.05) is 32.2 Å². The predicted molar refractivity (Wildman–Crippen MR) is 75.3 cm³/mol. The molecular formula is C13H28N2S. The van der Waals surface area contributed by atoms with Gasteiger partial charge in [0.05, 0.1) is 0 Å². The third-order valence-electron chi connectivity index (χ3n) is 3.93. The number of thiol groups is 1. The standard InChI is InChI=1S/C13H28N2S/c1-5-15-7-6-14(8-12(15)4)9-13(10-16)11(2)3/h11-13,16H,5-10H2,1-4H3. The van der Waals surface area contributed by atoms with Crippen molar-refractivity contribution in [2.45, 2.75) is 33.7 Å². The number of rotatable bonds is 5. The lowest BCUT2D eigenvalue weighted by molar-refractivity contribution is 0.0743. The Hall–Kier alpha value is 0.270. The minimum absolute atomic E-state index is 0.714. The molecule has 0 amide bonds. The SMILES string of the molecule is CCN1CCN(CC(CS)C(C)C)CC1C. The number of likely N-dealkylation sites (N-methyl/N-ethyl adjacent to an activating group) is 1. The van der Waals surface area contributed by atoms with Gasteiger partial charge in [-0.05, 0) is 31.1 Å². The molecule has 2 atom stereocenters. The van der Waals surface area contributed by atoms with Gasteiger partial charge in [-0.3, -0.25) is 4.90 Å². The van der Waals surface area contributed by atoms with Gasteiger partial charge in [-0.2, -0.15) is 12.6 Å². The van der Waals surface area contributed by atoms with E-state index in [2.05, 4.69) is 50.1 Å². The lowest BCUT2D eigenvalue weighted by Gasteiger charge is -2.41. The molecule has 1 saturated heterocycles. The largest absolute Gasteiger partial charge is 0.300 e. The van der Waals surface area contributed by atoms with Crippen LogP contribution in [0.25, 0.3) is 0 Å². The zero-order chi connectivity index (χ0) is 12.1. The molecule has 0 N–H and O–H groups in total. The van der Waals surface area contributed by atoms with Crippen LogP contribution in [-0.2, 0) is 0 Å². The van der Waals surface area contributed by atoms with Crippen LogP contribution in [0.15, 0.2) is 0 Å². The predicted octanol–water partition coefficient (Wildman–Crippen LogP) is 2.21. The van der Waals surface area contributed by atoms with Crippen LogP contribution < -0.4 is 0 Å². The maximum atomic E-state index is 4.48. The highest BCUT2D eigenvalue weighted by atomic mass is 32.1. The average molecular weight is 244 g/mol. The molecule has 0 radical (unpaired) electrons. The molecule has 1 fully saturated rings. The molecular weight excluding hydrogens is 216 g/mol. The van der Waals surface area contributed by atoms with Gasteiger partial charge >= 0.3 is 0 Å². The van der Waals surface area contributed by atoms with Gasteiger partial charge in [-0.15, -0.1) is 0 Å². The summed E-state index contributed by atoms with van der Waals surface area (Å²) in [7, 11) is 0. The molecule has 0 saturated carbocycles. The molecule has 1 rings (SSSR count). The van der Waals surface area contributed by atoms with E-state index in [1.165, 1.54) is 32.7 Å². The summed E-state index contributed by atoms with van der Waals surface area (Å²) >= 11 is 4.48. The van der Waals surface area contributed by atoms with E-state index in [9.17, 15) is 0 Å². The first kappa shape index (κ1) is 14.3. The zero-order valence-corrected chi connectivity index (χ0v) is 12.2. The highest BCUT2D eigenvalue weighted by Crippen LogP contribution is 2.17. The topological polar surface area (TPSA) is 6.48 Å². The quantitative estimate of drug-likeness (QED) is 0.741. The molecule has 0 bridgehead atoms. The summed E-state index contributed by atoms with van der Waals surface area (Å²) in [5.74, 6) is 2.50. The number of piperazine rings is 1. The molecule has 2 unspecified atom stereocenters. The van der Waals surface area contributed by atoms with E-state index in [0.717, 1.165) is 17.6 Å². The van der Waals surface area contributed by atoms with Gasteiger partial charge in [0.2, 0.25) is 0 Å². The first-order valence-corrected chi connectivity index (χ1v) is 7.29. The van der Waals surface area contributed by atoms with Crippen LogP contribution in [0.3, 0.4) is 0 Å². The highest BCUT2D eigenvalue weighted by Gasteiger charge is 2.24. The first-order valence-electron chi connectivity index (χ1n) is 6.65. The van der Waals surface area contributed by atoms with Crippen LogP contribution in [-0.4, -0.2) is 54.3 Å². The lowest BCUT2D eigenvalue weighted by Crippen LogP contribution is -2.52. The lowest BCUT2D eigenvalue weighted by atomic mass is 9.96. The molecule has 0 aliphatic carbocycles. The molecule has 0 aromatic rings. The van der Waals surface area contributed by atoms with E-state index < -0.39 is 0 Å². The van der Waals surface area contributed by atoms with E-state index in [4.69, 9.17) is 0 Å². The van der Waals surface area contributed by atoms with Crippen molar-refractivity contribution in [1.29, 1.82) is 0 Å². The van der Waals surface area contributed by atoms with Gasteiger partial charge < -0.3 is 4.90 Å². The van der Waals surface area contributed by atoms with Gasteiger partial charge in [0.1, 0.15) is 0 Å². The van der Waals surface area contributed by atoms with E-state index in [-0.39, 0.29) is 0 Å². The van der Waals surface area contributed by atoms with Crippen molar-refractivity contribution in [3.05, 3.63) is 0 Å². The Labute approximate surface area is 107 Å². The molecule has 0 spiro atoms. The van der Waals surface area contributed by atoms with Crippen LogP contribution in [0.2, 0.25) is 0 Å². The summed E-state index contributed by atoms with van der Waals surface area (Å²) in [6.45, 7) is 15.3. The second-order valence-corrected chi connectivity index (χ2v) is 5.79. The van der Waals surface area contributed by atoms with Crippen molar-refractivity contribution in [2.75, 3.05) is 38.5 Å². The Bertz CT molecular complexity index is 196. The van der Waals surface area contributed by atoms with Gasteiger partial charge in [-0.1, -0.05) is 20.8 Å². The second kappa shape index (κ2) is 6.87. The molecule has 16 heavy (non-hydrogen) atoms. The third-order valence-corrected chi connectivity index (χ3v) is 4.39. The Morgan fingerprint density at radius 3 is 2.44 bits per heavy atom. The molecule has 0 aromatic carbocycles. The van der Waals surface area contributed by atoms with Crippen molar-refractivity contribution >= 4 is 12.6 Å². The Morgan fingerprint density at radius 1 is 1.31 bits per heavy atom. The summed E-state index contributed by atoms with van der Waals surface area (Å²) in [6, 6.07) is 0.714. The van der Waals surface area contributed by atoms with Crippen molar-refractivity contribution in [3.8, 4) is 0 Å². The first-order chi connectivity index (χ1) is 7.58. The maximum Gasteiger partial charge on any atom is 0.0195 e. The Morgan fingerprint density at radius 2 is 2.00 bits per heavy atom. The maximum absolute atomic E-state index is 4.48. The smallest absolute Gasteiger partial charge is 0.0195 e. The Balaban J connectivity index is 2.39. The van der Waals surface area contributed by atoms with Crippen LogP contribution >= 0.6 is 12.6 Å². The fourth-order valence-corrected chi connectivity index (χ4v) is 3.05. The molecule has 1 aliphatic heterocycles. The summed E-state index contributed by atoms with van der Waals surface area (Å²) in [5.41, 5.74) is 0. The monoisotopic (exact) mass is 244 g/mol. The van der Waals surface area contributed by atoms with E-state index in [1.807, 2.05) is 0 Å². The van der Waals surface area contributed by atoms with Crippen molar-refractivity contribution in [1.82, 2.24) is 9.80 Å². The molecule has 1 heterocycles. The van der Waals surface area contributed by atoms with E-state index >= 15 is 0 Å². The van der Waals surface area contributed by atoms with E-state index in [1.54, 1.807) is 0 Å². The number of nitrogens with zero attached hydrogens (tertiary/aromatic N) is 2. The molecule has 0 aromatic heterocycles. The van der Waals surface area contributed by atoms with Crippen molar-refractivity contribution in [2.24, 2.45) is 11.8 Å². The van der Waals surface area contributed by atoms with E-state index in [0.29, 0.717) is 6.04 Å². The zero-order valence-electron chi connectivity index (χ0n) is 11.3. The summed E-state index contributed by atoms with van der Waals surface area (Å²) in [5, 5.41) is 0. The van der Waals surface area contributed by atoms with Crippen LogP contribution in [0.4, 0.5) is 0 Å². The average Bonchev–Trinajstić information content (AvgIpc) is 2.25. The number of hydrogen-bond acceptors (Lipinski definition) is 3. The van der Waals surface area contributed by atoms with Crippen molar-refractivity contribution < 1.29 is 0 Å². The van der Waals surface area contributed by atoms with Crippen molar-refractivity contribution in [3.63, 3.8) is 0 Å². The van der Waals surface area contributed by atoms with Gasteiger partial charge in [0.25, 0.3) is 0 Å². The Kier molecular flexibility index (Phi) is 6.16. The highest BCUT2D eigenvalue weighted by molar-refractivity contribution is 7.80. The molecule has 96 valence electrons. The normalized spacial score (nSPS) is 26.2.